The number of hydrogen-bond acceptors (Lipinski definition) is 8. The molecular formula is C27H29N3O5. The van der Waals surface area contributed by atoms with Crippen molar-refractivity contribution in [2.24, 2.45) is 0 Å². The van der Waals surface area contributed by atoms with Crippen LogP contribution in [0, 0.1) is 0 Å². The second kappa shape index (κ2) is 10.7. The van der Waals surface area contributed by atoms with Crippen molar-refractivity contribution < 1.29 is 24.4 Å². The molecule has 3 aromatic carbocycles. The molecule has 0 bridgehead atoms. The minimum Gasteiger partial charge on any atom is -0.496 e. The highest BCUT2D eigenvalue weighted by Gasteiger charge is 2.24. The molecule has 0 unspecified atom stereocenters. The van der Waals surface area contributed by atoms with Gasteiger partial charge in [-0.3, -0.25) is 0 Å². The average molecular weight is 476 g/mol. The molecule has 0 saturated heterocycles. The molecule has 1 heterocycles. The van der Waals surface area contributed by atoms with Gasteiger partial charge in [0.2, 0.25) is 5.88 Å². The predicted molar refractivity (Wildman–Crippen MR) is 134 cm³/mol. The lowest BCUT2D eigenvalue weighted by Gasteiger charge is -2.27. The second-order valence-electron chi connectivity index (χ2n) is 8.39. The molecule has 1 aromatic heterocycles. The van der Waals surface area contributed by atoms with Gasteiger partial charge in [0.15, 0.2) is 0 Å². The molecule has 8 nitrogen and oxygen atoms in total. The molecule has 0 aliphatic rings. The zero-order chi connectivity index (χ0) is 24.8. The third-order valence-electron chi connectivity index (χ3n) is 5.90. The van der Waals surface area contributed by atoms with Gasteiger partial charge in [-0.15, -0.1) is 0 Å². The Morgan fingerprint density at radius 2 is 1.57 bits per heavy atom. The van der Waals surface area contributed by atoms with Crippen molar-refractivity contribution in [1.82, 2.24) is 15.3 Å². The van der Waals surface area contributed by atoms with Crippen LogP contribution in [-0.2, 0) is 6.54 Å². The van der Waals surface area contributed by atoms with E-state index in [4.69, 9.17) is 14.2 Å². The van der Waals surface area contributed by atoms with E-state index in [0.29, 0.717) is 29.7 Å². The van der Waals surface area contributed by atoms with Crippen molar-refractivity contribution in [2.45, 2.75) is 19.0 Å². The van der Waals surface area contributed by atoms with Crippen LogP contribution in [0.15, 0.2) is 67.0 Å². The first kappa shape index (κ1) is 24.4. The quantitative estimate of drug-likeness (QED) is 0.317. The van der Waals surface area contributed by atoms with E-state index in [-0.39, 0.29) is 13.2 Å². The molecule has 4 rings (SSSR count). The molecule has 0 atom stereocenters. The van der Waals surface area contributed by atoms with E-state index in [1.807, 2.05) is 48.5 Å². The van der Waals surface area contributed by atoms with Gasteiger partial charge in [0.1, 0.15) is 23.6 Å². The van der Waals surface area contributed by atoms with E-state index < -0.39 is 5.54 Å². The van der Waals surface area contributed by atoms with E-state index in [1.165, 1.54) is 6.33 Å². The average Bonchev–Trinajstić information content (AvgIpc) is 2.92. The number of nitrogens with zero attached hydrogens (tertiary/aromatic N) is 2. The maximum absolute atomic E-state index is 9.59. The number of para-hydroxylation sites is 1. The van der Waals surface area contributed by atoms with Gasteiger partial charge in [0, 0.05) is 24.2 Å². The molecule has 35 heavy (non-hydrogen) atoms. The summed E-state index contributed by atoms with van der Waals surface area (Å²) in [6.45, 7) is 1.59. The van der Waals surface area contributed by atoms with Gasteiger partial charge in [-0.2, -0.15) is 0 Å². The molecular weight excluding hydrogens is 446 g/mol. The van der Waals surface area contributed by atoms with Crippen LogP contribution in [0.2, 0.25) is 0 Å². The summed E-state index contributed by atoms with van der Waals surface area (Å²) in [4.78, 5) is 8.89. The zero-order valence-corrected chi connectivity index (χ0v) is 20.0. The van der Waals surface area contributed by atoms with Crippen LogP contribution in [0.4, 0.5) is 0 Å². The van der Waals surface area contributed by atoms with Crippen LogP contribution in [0.25, 0.3) is 22.0 Å². The minimum absolute atomic E-state index is 0.221. The molecule has 0 saturated carbocycles. The van der Waals surface area contributed by atoms with Gasteiger partial charge in [-0.1, -0.05) is 42.5 Å². The number of aliphatic hydroxyl groups excluding tert-OH is 2. The Labute approximate surface area is 204 Å². The minimum atomic E-state index is -0.846. The fraction of sp³-hybridized carbons (Fsp3) is 0.259. The Morgan fingerprint density at radius 3 is 2.20 bits per heavy atom. The van der Waals surface area contributed by atoms with Crippen LogP contribution < -0.4 is 19.5 Å². The number of fused-ring (bicyclic) bond motifs is 1. The van der Waals surface area contributed by atoms with Crippen LogP contribution in [-0.4, -0.2) is 53.2 Å². The maximum Gasteiger partial charge on any atom is 0.230 e. The van der Waals surface area contributed by atoms with E-state index in [0.717, 1.165) is 27.6 Å². The molecule has 0 radical (unpaired) electrons. The summed E-state index contributed by atoms with van der Waals surface area (Å²) in [6, 6.07) is 19.5. The first-order chi connectivity index (χ1) is 17.0. The lowest BCUT2D eigenvalue weighted by Crippen LogP contribution is -2.48. The first-order valence-corrected chi connectivity index (χ1v) is 11.2. The van der Waals surface area contributed by atoms with Crippen molar-refractivity contribution in [1.29, 1.82) is 0 Å². The molecule has 0 spiro atoms. The molecule has 3 N–H and O–H groups in total. The van der Waals surface area contributed by atoms with Gasteiger partial charge in [-0.25, -0.2) is 9.97 Å². The summed E-state index contributed by atoms with van der Waals surface area (Å²) in [5, 5.41) is 23.1. The van der Waals surface area contributed by atoms with Crippen molar-refractivity contribution in [3.05, 3.63) is 72.6 Å². The van der Waals surface area contributed by atoms with Crippen LogP contribution >= 0.6 is 0 Å². The Balaban J connectivity index is 1.70. The van der Waals surface area contributed by atoms with Gasteiger partial charge in [0.25, 0.3) is 0 Å². The Hall–Kier alpha value is -3.72. The number of methoxy groups -OCH3 is 2. The number of ether oxygens (including phenoxy) is 3. The highest BCUT2D eigenvalue weighted by molar-refractivity contribution is 5.96. The summed E-state index contributed by atoms with van der Waals surface area (Å²) in [5.41, 5.74) is 2.72. The SMILES string of the molecule is COc1cc(Oc2ncnc3c(-c4ccccc4)cccc23)cc(OC)c1CNC(C)(CO)CO. The Kier molecular flexibility index (Phi) is 7.45. The highest BCUT2D eigenvalue weighted by Crippen LogP contribution is 2.38. The summed E-state index contributed by atoms with van der Waals surface area (Å²) >= 11 is 0. The van der Waals surface area contributed by atoms with Gasteiger partial charge < -0.3 is 29.7 Å². The number of aliphatic hydroxyl groups is 2. The Morgan fingerprint density at radius 1 is 0.886 bits per heavy atom. The molecule has 0 aliphatic carbocycles. The van der Waals surface area contributed by atoms with E-state index >= 15 is 0 Å². The summed E-state index contributed by atoms with van der Waals surface area (Å²) in [6.07, 6.45) is 1.49. The normalized spacial score (nSPS) is 11.5. The highest BCUT2D eigenvalue weighted by atomic mass is 16.5. The third-order valence-corrected chi connectivity index (χ3v) is 5.90. The van der Waals surface area contributed by atoms with Crippen molar-refractivity contribution in [3.63, 3.8) is 0 Å². The second-order valence-corrected chi connectivity index (χ2v) is 8.39. The topological polar surface area (TPSA) is 106 Å². The molecule has 0 amide bonds. The van der Waals surface area contributed by atoms with Crippen molar-refractivity contribution in [3.8, 4) is 34.3 Å². The largest absolute Gasteiger partial charge is 0.496 e. The third kappa shape index (κ3) is 5.19. The van der Waals surface area contributed by atoms with Crippen LogP contribution in [0.1, 0.15) is 12.5 Å². The summed E-state index contributed by atoms with van der Waals surface area (Å²) < 4.78 is 17.4. The molecule has 4 aromatic rings. The number of nitrogens with one attached hydrogen (secondary N) is 1. The zero-order valence-electron chi connectivity index (χ0n) is 20.0. The van der Waals surface area contributed by atoms with Crippen molar-refractivity contribution in [2.75, 3.05) is 27.4 Å². The summed E-state index contributed by atoms with van der Waals surface area (Å²) in [5.74, 6) is 1.97. The molecule has 0 fully saturated rings. The summed E-state index contributed by atoms with van der Waals surface area (Å²) in [7, 11) is 3.12. The first-order valence-electron chi connectivity index (χ1n) is 11.2. The van der Waals surface area contributed by atoms with Crippen LogP contribution in [0.3, 0.4) is 0 Å². The maximum atomic E-state index is 9.59. The molecule has 0 aliphatic heterocycles. The number of benzene rings is 3. The van der Waals surface area contributed by atoms with Crippen LogP contribution in [0.5, 0.6) is 23.1 Å². The standard InChI is InChI=1S/C27H29N3O5/c1-27(15-31,16-32)30-14-22-23(33-2)12-19(13-24(22)34-3)35-26-21-11-7-10-20(25(21)28-17-29-26)18-8-5-4-6-9-18/h4-13,17,30-32H,14-16H2,1-3H3. The number of aromatic nitrogens is 2. The number of rotatable bonds is 10. The fourth-order valence-corrected chi connectivity index (χ4v) is 3.76. The van der Waals surface area contributed by atoms with Crippen molar-refractivity contribution >= 4 is 10.9 Å². The predicted octanol–water partition coefficient (Wildman–Crippen LogP) is 3.94. The van der Waals surface area contributed by atoms with E-state index in [9.17, 15) is 10.2 Å². The van der Waals surface area contributed by atoms with E-state index in [2.05, 4.69) is 15.3 Å². The lowest BCUT2D eigenvalue weighted by atomic mass is 10.0. The monoisotopic (exact) mass is 475 g/mol. The van der Waals surface area contributed by atoms with Gasteiger partial charge in [-0.05, 0) is 18.6 Å². The Bertz CT molecular complexity index is 1270. The smallest absolute Gasteiger partial charge is 0.230 e. The van der Waals surface area contributed by atoms with E-state index in [1.54, 1.807) is 33.3 Å². The van der Waals surface area contributed by atoms with Gasteiger partial charge in [0.05, 0.1) is 49.4 Å². The van der Waals surface area contributed by atoms with Gasteiger partial charge >= 0.3 is 0 Å². The molecule has 182 valence electrons. The number of hydrogen-bond donors (Lipinski definition) is 3. The molecule has 8 heteroatoms. The lowest BCUT2D eigenvalue weighted by molar-refractivity contribution is 0.102. The fourth-order valence-electron chi connectivity index (χ4n) is 3.76.